The van der Waals surface area contributed by atoms with Crippen molar-refractivity contribution in [3.05, 3.63) is 71.3 Å². The quantitative estimate of drug-likeness (QED) is 0.376. The molecule has 2 heterocycles. The Balaban J connectivity index is 0.000000392. The van der Waals surface area contributed by atoms with Crippen LogP contribution in [0.15, 0.2) is 65.2 Å². The third-order valence-electron chi connectivity index (χ3n) is 6.25. The zero-order valence-corrected chi connectivity index (χ0v) is 20.9. The van der Waals surface area contributed by atoms with Gasteiger partial charge in [-0.3, -0.25) is 0 Å². The number of piperidine rings is 1. The van der Waals surface area contributed by atoms with Crippen LogP contribution in [0.2, 0.25) is 5.02 Å². The number of benzene rings is 2. The highest BCUT2D eigenvalue weighted by Gasteiger charge is 2.24. The molecule has 0 spiro atoms. The summed E-state index contributed by atoms with van der Waals surface area (Å²) in [4.78, 5) is 21.7. The molecule has 1 unspecified atom stereocenters. The summed E-state index contributed by atoms with van der Waals surface area (Å²) in [6.07, 6.45) is 4.70. The number of fused-ring (bicyclic) bond motifs is 1. The van der Waals surface area contributed by atoms with E-state index in [2.05, 4.69) is 47.3 Å². The molecule has 0 radical (unpaired) electrons. The predicted octanol–water partition coefficient (Wildman–Crippen LogP) is 5.16. The van der Waals surface area contributed by atoms with Gasteiger partial charge in [0.05, 0.1) is 12.0 Å². The number of hydrogen-bond acceptors (Lipinski definition) is 6. The van der Waals surface area contributed by atoms with Crippen LogP contribution in [-0.4, -0.2) is 58.4 Å². The van der Waals surface area contributed by atoms with Gasteiger partial charge in [-0.05, 0) is 73.1 Å². The van der Waals surface area contributed by atoms with Crippen molar-refractivity contribution < 1.29 is 29.1 Å². The highest BCUT2D eigenvalue weighted by atomic mass is 35.5. The number of nitrogens with zero attached hydrogens (tertiary/aromatic N) is 2. The van der Waals surface area contributed by atoms with Crippen LogP contribution < -0.4 is 4.74 Å². The number of aliphatic carboxylic acids is 2. The van der Waals surface area contributed by atoms with Gasteiger partial charge in [-0.2, -0.15) is 0 Å². The fraction of sp³-hybridized carbons (Fsp3) is 0.370. The average molecular weight is 515 g/mol. The van der Waals surface area contributed by atoms with Crippen molar-refractivity contribution in [2.24, 2.45) is 11.8 Å². The van der Waals surface area contributed by atoms with Gasteiger partial charge in [0, 0.05) is 23.7 Å². The molecule has 1 atom stereocenters. The second kappa shape index (κ2) is 13.7. The first-order valence-electron chi connectivity index (χ1n) is 11.9. The number of rotatable bonds is 9. The Morgan fingerprint density at radius 2 is 1.81 bits per heavy atom. The summed E-state index contributed by atoms with van der Waals surface area (Å²) in [6, 6.07) is 16.2. The fourth-order valence-electron chi connectivity index (χ4n) is 4.16. The molecule has 0 bridgehead atoms. The number of carboxylic acids is 2. The van der Waals surface area contributed by atoms with Crippen molar-refractivity contribution in [1.82, 2.24) is 10.1 Å². The van der Waals surface area contributed by atoms with Gasteiger partial charge in [-0.15, -0.1) is 0 Å². The van der Waals surface area contributed by atoms with Crippen LogP contribution in [0.4, 0.5) is 0 Å². The molecule has 9 heteroatoms. The minimum Gasteiger partial charge on any atom is -0.478 e. The standard InChI is InChI=1S/C23H27ClN2O2.C4H4O4/c1-17(16-27-23-21-15-20(24)7-8-22(21)28-25-23)19-10-13-26(14-11-19)12-9-18-5-3-2-4-6-18;5-3(6)1-2-4(7)8/h2-8,15,17,19H,9-14,16H2,1H3;1-2H,(H,5,6)(H,7,8)/b;2-1+. The topological polar surface area (TPSA) is 113 Å². The Hall–Kier alpha value is -3.36. The van der Waals surface area contributed by atoms with E-state index in [0.717, 1.165) is 18.4 Å². The third kappa shape index (κ3) is 8.70. The summed E-state index contributed by atoms with van der Waals surface area (Å²) in [5.74, 6) is -0.790. The average Bonchev–Trinajstić information content (AvgIpc) is 3.28. The van der Waals surface area contributed by atoms with Crippen LogP contribution in [0.3, 0.4) is 0 Å². The molecular formula is C27H31ClN2O6. The predicted molar refractivity (Wildman–Crippen MR) is 137 cm³/mol. The molecule has 36 heavy (non-hydrogen) atoms. The molecule has 2 aromatic carbocycles. The molecule has 3 aromatic rings. The zero-order valence-electron chi connectivity index (χ0n) is 20.2. The monoisotopic (exact) mass is 514 g/mol. The summed E-state index contributed by atoms with van der Waals surface area (Å²) in [5.41, 5.74) is 2.13. The summed E-state index contributed by atoms with van der Waals surface area (Å²) in [7, 11) is 0. The summed E-state index contributed by atoms with van der Waals surface area (Å²) in [6.45, 7) is 6.42. The lowest BCUT2D eigenvalue weighted by atomic mass is 9.86. The van der Waals surface area contributed by atoms with E-state index in [-0.39, 0.29) is 0 Å². The normalized spacial score (nSPS) is 15.4. The molecular weight excluding hydrogens is 484 g/mol. The van der Waals surface area contributed by atoms with Crippen LogP contribution in [0.25, 0.3) is 11.0 Å². The SMILES string of the molecule is CC(COc1noc2ccc(Cl)cc12)C1CCN(CCc2ccccc2)CC1.O=C(O)/C=C/C(=O)O. The van der Waals surface area contributed by atoms with E-state index < -0.39 is 11.9 Å². The molecule has 0 amide bonds. The Bertz CT molecular complexity index is 1140. The lowest BCUT2D eigenvalue weighted by molar-refractivity contribution is -0.134. The summed E-state index contributed by atoms with van der Waals surface area (Å²) < 4.78 is 11.3. The first-order chi connectivity index (χ1) is 17.3. The van der Waals surface area contributed by atoms with Gasteiger partial charge in [0.2, 0.25) is 0 Å². The second-order valence-electron chi connectivity index (χ2n) is 8.84. The first kappa shape index (κ1) is 27.2. The second-order valence-corrected chi connectivity index (χ2v) is 9.28. The Morgan fingerprint density at radius 3 is 2.44 bits per heavy atom. The van der Waals surface area contributed by atoms with Crippen LogP contribution in [-0.2, 0) is 16.0 Å². The van der Waals surface area contributed by atoms with Crippen molar-refractivity contribution in [3.8, 4) is 5.88 Å². The van der Waals surface area contributed by atoms with E-state index in [0.29, 0.717) is 47.1 Å². The van der Waals surface area contributed by atoms with Gasteiger partial charge >= 0.3 is 11.9 Å². The van der Waals surface area contributed by atoms with Gasteiger partial charge in [-0.1, -0.05) is 48.9 Å². The number of likely N-dealkylation sites (tertiary alicyclic amines) is 1. The van der Waals surface area contributed by atoms with E-state index >= 15 is 0 Å². The number of carboxylic acid groups (broad SMARTS) is 2. The summed E-state index contributed by atoms with van der Waals surface area (Å²) >= 11 is 6.08. The number of carbonyl (C=O) groups is 2. The summed E-state index contributed by atoms with van der Waals surface area (Å²) in [5, 5.41) is 21.2. The molecule has 1 aromatic heterocycles. The Labute approximate surface area is 215 Å². The van der Waals surface area contributed by atoms with Gasteiger partial charge in [0.1, 0.15) is 0 Å². The molecule has 0 saturated carbocycles. The smallest absolute Gasteiger partial charge is 0.328 e. The van der Waals surface area contributed by atoms with Crippen molar-refractivity contribution >= 4 is 34.5 Å². The van der Waals surface area contributed by atoms with Crippen LogP contribution >= 0.6 is 11.6 Å². The molecule has 1 aliphatic heterocycles. The molecule has 1 saturated heterocycles. The third-order valence-corrected chi connectivity index (χ3v) is 6.48. The highest BCUT2D eigenvalue weighted by Crippen LogP contribution is 2.30. The number of ether oxygens (including phenoxy) is 1. The fourth-order valence-corrected chi connectivity index (χ4v) is 4.33. The number of aromatic nitrogens is 1. The van der Waals surface area contributed by atoms with E-state index in [1.165, 1.54) is 31.5 Å². The molecule has 192 valence electrons. The van der Waals surface area contributed by atoms with Crippen molar-refractivity contribution in [3.63, 3.8) is 0 Å². The molecule has 8 nitrogen and oxygen atoms in total. The number of halogens is 1. The lowest BCUT2D eigenvalue weighted by Gasteiger charge is -2.34. The van der Waals surface area contributed by atoms with Crippen LogP contribution in [0, 0.1) is 11.8 Å². The van der Waals surface area contributed by atoms with Crippen LogP contribution in [0.1, 0.15) is 25.3 Å². The number of hydrogen-bond donors (Lipinski definition) is 2. The van der Waals surface area contributed by atoms with E-state index in [1.807, 2.05) is 12.1 Å². The van der Waals surface area contributed by atoms with Crippen molar-refractivity contribution in [1.29, 1.82) is 0 Å². The maximum absolute atomic E-state index is 9.55. The zero-order chi connectivity index (χ0) is 25.9. The molecule has 1 fully saturated rings. The largest absolute Gasteiger partial charge is 0.478 e. The van der Waals surface area contributed by atoms with Gasteiger partial charge in [-0.25, -0.2) is 9.59 Å². The first-order valence-corrected chi connectivity index (χ1v) is 12.3. The van der Waals surface area contributed by atoms with E-state index in [1.54, 1.807) is 6.07 Å². The minimum atomic E-state index is -1.26. The van der Waals surface area contributed by atoms with Gasteiger partial charge in [0.15, 0.2) is 5.58 Å². The van der Waals surface area contributed by atoms with Gasteiger partial charge in [0.25, 0.3) is 5.88 Å². The van der Waals surface area contributed by atoms with Gasteiger partial charge < -0.3 is 24.4 Å². The van der Waals surface area contributed by atoms with Crippen LogP contribution in [0.5, 0.6) is 5.88 Å². The van der Waals surface area contributed by atoms with E-state index in [4.69, 9.17) is 31.1 Å². The Morgan fingerprint density at radius 1 is 1.14 bits per heavy atom. The highest BCUT2D eigenvalue weighted by molar-refractivity contribution is 6.31. The maximum Gasteiger partial charge on any atom is 0.328 e. The Kier molecular flexibility index (Phi) is 10.3. The lowest BCUT2D eigenvalue weighted by Crippen LogP contribution is -2.37. The maximum atomic E-state index is 9.55. The molecule has 0 aliphatic carbocycles. The van der Waals surface area contributed by atoms with Crippen molar-refractivity contribution in [2.45, 2.75) is 26.2 Å². The van der Waals surface area contributed by atoms with Crippen molar-refractivity contribution in [2.75, 3.05) is 26.2 Å². The van der Waals surface area contributed by atoms with E-state index in [9.17, 15) is 9.59 Å². The minimum absolute atomic E-state index is 0.488. The molecule has 1 aliphatic rings. The molecule has 4 rings (SSSR count). The molecule has 2 N–H and O–H groups in total.